The molecule has 0 fully saturated rings. The number of aryl methyl sites for hydroxylation is 1. The number of thiophene rings is 1. The molecule has 1 aromatic carbocycles. The van der Waals surface area contributed by atoms with Crippen LogP contribution in [0.1, 0.15) is 20.8 Å². The molecule has 1 heterocycles. The molecule has 0 aliphatic carbocycles. The van der Waals surface area contributed by atoms with E-state index >= 15 is 0 Å². The van der Waals surface area contributed by atoms with Gasteiger partial charge in [0.1, 0.15) is 5.75 Å². The van der Waals surface area contributed by atoms with Crippen LogP contribution < -0.4 is 0 Å². The highest BCUT2D eigenvalue weighted by Gasteiger charge is 2.15. The number of carbonyl (C=O) groups excluding carboxylic acids is 1. The zero-order valence-electron chi connectivity index (χ0n) is 11.1. The number of amides is 1. The monoisotopic (exact) mass is 275 g/mol. The standard InChI is InChI=1S/C15H17NO2S/c1-11-5-6-14(17)13(10-11)15(18)16(2)8-7-12-4-3-9-19-12/h3-6,9-10,17H,7-8H2,1-2H3. The third-order valence-corrected chi connectivity index (χ3v) is 3.94. The minimum atomic E-state index is -0.141. The number of phenolic OH excluding ortho intramolecular Hbond substituents is 1. The first-order valence-electron chi connectivity index (χ1n) is 6.15. The van der Waals surface area contributed by atoms with Crippen molar-refractivity contribution in [3.63, 3.8) is 0 Å². The minimum absolute atomic E-state index is 0.0403. The second-order valence-corrected chi connectivity index (χ2v) is 5.61. The van der Waals surface area contributed by atoms with Gasteiger partial charge in [-0.3, -0.25) is 4.79 Å². The Kier molecular flexibility index (Phi) is 4.22. The lowest BCUT2D eigenvalue weighted by Gasteiger charge is -2.17. The highest BCUT2D eigenvalue weighted by atomic mass is 32.1. The predicted octanol–water partition coefficient (Wildman–Crippen LogP) is 3.08. The summed E-state index contributed by atoms with van der Waals surface area (Å²) in [6.45, 7) is 2.55. The lowest BCUT2D eigenvalue weighted by Crippen LogP contribution is -2.28. The number of nitrogens with zero attached hydrogens (tertiary/aromatic N) is 1. The smallest absolute Gasteiger partial charge is 0.257 e. The van der Waals surface area contributed by atoms with E-state index in [9.17, 15) is 9.90 Å². The number of likely N-dealkylation sites (N-methyl/N-ethyl adjacent to an activating group) is 1. The van der Waals surface area contributed by atoms with Crippen LogP contribution in [0.25, 0.3) is 0 Å². The van der Waals surface area contributed by atoms with Gasteiger partial charge in [-0.1, -0.05) is 17.7 Å². The van der Waals surface area contributed by atoms with Crippen LogP contribution in [0.15, 0.2) is 35.7 Å². The van der Waals surface area contributed by atoms with Gasteiger partial charge < -0.3 is 10.0 Å². The molecule has 0 aliphatic heterocycles. The molecule has 0 atom stereocenters. The SMILES string of the molecule is Cc1ccc(O)c(C(=O)N(C)CCc2cccs2)c1. The fourth-order valence-corrected chi connectivity index (χ4v) is 2.56. The van der Waals surface area contributed by atoms with Gasteiger partial charge in [-0.2, -0.15) is 0 Å². The van der Waals surface area contributed by atoms with Crippen LogP contribution in [-0.4, -0.2) is 29.5 Å². The van der Waals surface area contributed by atoms with Gasteiger partial charge in [-0.05, 0) is 36.9 Å². The van der Waals surface area contributed by atoms with Gasteiger partial charge in [0.05, 0.1) is 5.56 Å². The minimum Gasteiger partial charge on any atom is -0.507 e. The van der Waals surface area contributed by atoms with Gasteiger partial charge in [0.2, 0.25) is 0 Å². The Morgan fingerprint density at radius 1 is 1.37 bits per heavy atom. The number of benzene rings is 1. The Labute approximate surface area is 117 Å². The van der Waals surface area contributed by atoms with Crippen LogP contribution in [0, 0.1) is 6.92 Å². The number of carbonyl (C=O) groups is 1. The molecule has 0 unspecified atom stereocenters. The van der Waals surface area contributed by atoms with Crippen molar-refractivity contribution in [2.75, 3.05) is 13.6 Å². The molecule has 100 valence electrons. The second kappa shape index (κ2) is 5.89. The average molecular weight is 275 g/mol. The molecule has 1 aromatic heterocycles. The summed E-state index contributed by atoms with van der Waals surface area (Å²) in [5.41, 5.74) is 1.33. The van der Waals surface area contributed by atoms with Crippen LogP contribution in [0.2, 0.25) is 0 Å². The molecular formula is C15H17NO2S. The maximum absolute atomic E-state index is 12.2. The zero-order valence-corrected chi connectivity index (χ0v) is 11.9. The number of hydrogen-bond acceptors (Lipinski definition) is 3. The molecule has 2 rings (SSSR count). The predicted molar refractivity (Wildman–Crippen MR) is 77.8 cm³/mol. The van der Waals surface area contributed by atoms with Gasteiger partial charge in [0.15, 0.2) is 0 Å². The first-order valence-corrected chi connectivity index (χ1v) is 7.03. The molecule has 0 spiro atoms. The largest absolute Gasteiger partial charge is 0.507 e. The lowest BCUT2D eigenvalue weighted by molar-refractivity contribution is 0.0794. The maximum Gasteiger partial charge on any atom is 0.257 e. The Balaban J connectivity index is 2.04. The van der Waals surface area contributed by atoms with Crippen LogP contribution in [0.3, 0.4) is 0 Å². The molecular weight excluding hydrogens is 258 g/mol. The topological polar surface area (TPSA) is 40.5 Å². The summed E-state index contributed by atoms with van der Waals surface area (Å²) >= 11 is 1.69. The first kappa shape index (κ1) is 13.6. The number of aromatic hydroxyl groups is 1. The van der Waals surface area contributed by atoms with Crippen molar-refractivity contribution >= 4 is 17.2 Å². The molecule has 19 heavy (non-hydrogen) atoms. The summed E-state index contributed by atoms with van der Waals surface area (Å²) in [7, 11) is 1.76. The highest BCUT2D eigenvalue weighted by Crippen LogP contribution is 2.20. The Morgan fingerprint density at radius 2 is 2.16 bits per heavy atom. The van der Waals surface area contributed by atoms with E-state index in [2.05, 4.69) is 6.07 Å². The molecule has 0 aliphatic rings. The van der Waals surface area contributed by atoms with E-state index in [1.54, 1.807) is 41.5 Å². The molecule has 4 heteroatoms. The van der Waals surface area contributed by atoms with Crippen molar-refractivity contribution in [1.29, 1.82) is 0 Å². The van der Waals surface area contributed by atoms with Crippen molar-refractivity contribution in [3.8, 4) is 5.75 Å². The Bertz CT molecular complexity index is 564. The number of rotatable bonds is 4. The van der Waals surface area contributed by atoms with Crippen LogP contribution in [0.4, 0.5) is 0 Å². The van der Waals surface area contributed by atoms with Gasteiger partial charge in [-0.25, -0.2) is 0 Å². The molecule has 0 saturated heterocycles. The summed E-state index contributed by atoms with van der Waals surface area (Å²) in [6, 6.07) is 9.15. The average Bonchev–Trinajstić information content (AvgIpc) is 2.91. The molecule has 0 bridgehead atoms. The lowest BCUT2D eigenvalue weighted by atomic mass is 10.1. The summed E-state index contributed by atoms with van der Waals surface area (Å²) < 4.78 is 0. The van der Waals surface area contributed by atoms with Crippen molar-refractivity contribution in [2.45, 2.75) is 13.3 Å². The Hall–Kier alpha value is -1.81. The van der Waals surface area contributed by atoms with Crippen LogP contribution >= 0.6 is 11.3 Å². The third-order valence-electron chi connectivity index (χ3n) is 3.00. The van der Waals surface area contributed by atoms with E-state index in [-0.39, 0.29) is 11.7 Å². The summed E-state index contributed by atoms with van der Waals surface area (Å²) in [5.74, 6) is -0.101. The molecule has 1 N–H and O–H groups in total. The van der Waals surface area contributed by atoms with Gasteiger partial charge in [-0.15, -0.1) is 11.3 Å². The second-order valence-electron chi connectivity index (χ2n) is 4.58. The van der Waals surface area contributed by atoms with Gasteiger partial charge >= 0.3 is 0 Å². The molecule has 3 nitrogen and oxygen atoms in total. The third kappa shape index (κ3) is 3.35. The highest BCUT2D eigenvalue weighted by molar-refractivity contribution is 7.09. The fourth-order valence-electron chi connectivity index (χ4n) is 1.86. The Morgan fingerprint density at radius 3 is 2.84 bits per heavy atom. The fraction of sp³-hybridized carbons (Fsp3) is 0.267. The van der Waals surface area contributed by atoms with Crippen molar-refractivity contribution < 1.29 is 9.90 Å². The van der Waals surface area contributed by atoms with E-state index in [0.717, 1.165) is 12.0 Å². The van der Waals surface area contributed by atoms with Crippen LogP contribution in [-0.2, 0) is 6.42 Å². The number of hydrogen-bond donors (Lipinski definition) is 1. The van der Waals surface area contributed by atoms with Crippen molar-refractivity contribution in [3.05, 3.63) is 51.7 Å². The summed E-state index contributed by atoms with van der Waals surface area (Å²) in [4.78, 5) is 15.2. The van der Waals surface area contributed by atoms with E-state index in [0.29, 0.717) is 12.1 Å². The first-order chi connectivity index (χ1) is 9.08. The molecule has 2 aromatic rings. The maximum atomic E-state index is 12.2. The van der Waals surface area contributed by atoms with E-state index in [1.807, 2.05) is 18.4 Å². The molecule has 1 amide bonds. The zero-order chi connectivity index (χ0) is 13.8. The van der Waals surface area contributed by atoms with Crippen LogP contribution in [0.5, 0.6) is 5.75 Å². The normalized spacial score (nSPS) is 10.4. The van der Waals surface area contributed by atoms with Crippen molar-refractivity contribution in [2.24, 2.45) is 0 Å². The molecule has 0 saturated carbocycles. The van der Waals surface area contributed by atoms with Gasteiger partial charge in [0, 0.05) is 18.5 Å². The van der Waals surface area contributed by atoms with E-state index in [1.165, 1.54) is 4.88 Å². The van der Waals surface area contributed by atoms with Crippen molar-refractivity contribution in [1.82, 2.24) is 4.90 Å². The summed E-state index contributed by atoms with van der Waals surface area (Å²) in [5, 5.41) is 11.8. The van der Waals surface area contributed by atoms with Gasteiger partial charge in [0.25, 0.3) is 5.91 Å². The molecule has 0 radical (unpaired) electrons. The quantitative estimate of drug-likeness (QED) is 0.931. The van der Waals surface area contributed by atoms with E-state index in [4.69, 9.17) is 0 Å². The summed E-state index contributed by atoms with van der Waals surface area (Å²) in [6.07, 6.45) is 0.840. The van der Waals surface area contributed by atoms with E-state index < -0.39 is 0 Å². The number of phenols is 1.